The minimum atomic E-state index is -1.19. The monoisotopic (exact) mass is 556 g/mol. The van der Waals surface area contributed by atoms with Gasteiger partial charge in [-0.15, -0.1) is 12.3 Å². The van der Waals surface area contributed by atoms with Crippen LogP contribution in [0.5, 0.6) is 0 Å². The Kier molecular flexibility index (Phi) is 7.93. The Morgan fingerprint density at radius 3 is 2.51 bits per heavy atom. The zero-order chi connectivity index (χ0) is 28.6. The zero-order valence-electron chi connectivity index (χ0n) is 24.7. The van der Waals surface area contributed by atoms with Crippen molar-refractivity contribution in [2.24, 2.45) is 17.8 Å². The van der Waals surface area contributed by atoms with E-state index in [0.717, 1.165) is 56.1 Å². The Balaban J connectivity index is 1.48. The molecule has 3 aromatic rings. The minimum Gasteiger partial charge on any atom is -0.382 e. The second-order valence-corrected chi connectivity index (χ2v) is 12.9. The fourth-order valence-electron chi connectivity index (χ4n) is 6.63. The Hall–Kier alpha value is -3.15. The number of nitrogens with zero attached hydrogens (tertiary/aromatic N) is 5. The zero-order valence-corrected chi connectivity index (χ0v) is 24.7. The Bertz CT molecular complexity index is 1380. The lowest BCUT2D eigenvalue weighted by Crippen LogP contribution is -2.41. The van der Waals surface area contributed by atoms with E-state index in [1.54, 1.807) is 13.8 Å². The highest BCUT2D eigenvalue weighted by molar-refractivity contribution is 5.86. The van der Waals surface area contributed by atoms with E-state index in [4.69, 9.17) is 26.1 Å². The number of morpholine rings is 1. The molecule has 8 heteroatoms. The summed E-state index contributed by atoms with van der Waals surface area (Å²) in [6, 6.07) is 10.9. The number of fused-ring (bicyclic) bond motifs is 1. The highest BCUT2D eigenvalue weighted by Crippen LogP contribution is 2.38. The molecule has 2 aromatic heterocycles. The van der Waals surface area contributed by atoms with Crippen LogP contribution < -0.4 is 10.2 Å². The first-order valence-corrected chi connectivity index (χ1v) is 15.4. The number of rotatable bonds is 8. The first kappa shape index (κ1) is 28.0. The van der Waals surface area contributed by atoms with E-state index < -0.39 is 5.60 Å². The van der Waals surface area contributed by atoms with Gasteiger partial charge in [-0.1, -0.05) is 36.8 Å². The molecule has 2 unspecified atom stereocenters. The van der Waals surface area contributed by atoms with Gasteiger partial charge in [-0.3, -0.25) is 0 Å². The largest absolute Gasteiger partial charge is 0.382 e. The second kappa shape index (κ2) is 11.6. The Morgan fingerprint density at radius 1 is 1.10 bits per heavy atom. The van der Waals surface area contributed by atoms with Crippen molar-refractivity contribution in [1.29, 1.82) is 0 Å². The van der Waals surface area contributed by atoms with Crippen LogP contribution in [0.4, 0.5) is 11.8 Å². The van der Waals surface area contributed by atoms with Gasteiger partial charge in [-0.2, -0.15) is 4.98 Å². The molecule has 8 nitrogen and oxygen atoms in total. The van der Waals surface area contributed by atoms with Gasteiger partial charge in [0, 0.05) is 25.0 Å². The van der Waals surface area contributed by atoms with Crippen molar-refractivity contribution in [1.82, 2.24) is 19.5 Å². The van der Waals surface area contributed by atoms with Crippen molar-refractivity contribution in [3.8, 4) is 12.3 Å². The van der Waals surface area contributed by atoms with Crippen LogP contribution in [0.3, 0.4) is 0 Å². The molecule has 2 aliphatic carbocycles. The van der Waals surface area contributed by atoms with Crippen LogP contribution in [0, 0.1) is 30.1 Å². The number of anilines is 2. The minimum absolute atomic E-state index is 0.0460. The smallest absolute Gasteiger partial charge is 0.208 e. The van der Waals surface area contributed by atoms with Gasteiger partial charge >= 0.3 is 0 Å². The number of aromatic nitrogens is 4. The first-order valence-electron chi connectivity index (χ1n) is 15.4. The van der Waals surface area contributed by atoms with Crippen LogP contribution >= 0.6 is 0 Å². The average Bonchev–Trinajstić information content (AvgIpc) is 3.31. The number of benzene rings is 1. The van der Waals surface area contributed by atoms with Crippen molar-refractivity contribution in [2.45, 2.75) is 89.9 Å². The van der Waals surface area contributed by atoms with Gasteiger partial charge in [0.15, 0.2) is 17.3 Å². The summed E-state index contributed by atoms with van der Waals surface area (Å²) in [4.78, 5) is 17.4. The average molecular weight is 557 g/mol. The van der Waals surface area contributed by atoms with Crippen molar-refractivity contribution in [3.05, 3.63) is 41.7 Å². The molecule has 1 aliphatic heterocycles. The maximum absolute atomic E-state index is 11.0. The van der Waals surface area contributed by atoms with Gasteiger partial charge in [0.05, 0.1) is 19.3 Å². The molecule has 3 aliphatic rings. The SMILES string of the molecule is C#CC1CCC(Cn2c(N3CCOCC3c3ccccc3)nc3nc(C(C)(C)O)nc(NC(C)C4CCC4)c32)CC1. The number of hydrogen-bond acceptors (Lipinski definition) is 7. The standard InChI is InChI=1S/C33H44N6O2/c1-5-23-14-16-24(17-15-23)20-39-28-29(34-22(2)25-12-9-13-25)35-31(33(3,4)40)36-30(28)37-32(39)38-18-19-41-21-27(38)26-10-7-6-8-11-26/h1,6-8,10-11,22-25,27,40H,9,12-21H2,2-4H3,(H,34,35,36). The predicted octanol–water partition coefficient (Wildman–Crippen LogP) is 5.67. The Labute approximate surface area is 243 Å². The van der Waals surface area contributed by atoms with E-state index in [1.807, 2.05) is 6.07 Å². The molecule has 218 valence electrons. The van der Waals surface area contributed by atoms with Gasteiger partial charge in [-0.25, -0.2) is 9.97 Å². The molecule has 3 heterocycles. The van der Waals surface area contributed by atoms with Gasteiger partial charge in [-0.05, 0) is 76.7 Å². The lowest BCUT2D eigenvalue weighted by molar-refractivity contribution is 0.0692. The van der Waals surface area contributed by atoms with Crippen LogP contribution in [-0.4, -0.2) is 50.4 Å². The van der Waals surface area contributed by atoms with Crippen LogP contribution in [0.25, 0.3) is 11.2 Å². The fraction of sp³-hybridized carbons (Fsp3) is 0.606. The molecular weight excluding hydrogens is 512 g/mol. The summed E-state index contributed by atoms with van der Waals surface area (Å²) in [5, 5.41) is 14.7. The van der Waals surface area contributed by atoms with Gasteiger partial charge in [0.25, 0.3) is 0 Å². The third-order valence-corrected chi connectivity index (χ3v) is 9.44. The number of ether oxygens (including phenoxy) is 1. The number of imidazole rings is 1. The third-order valence-electron chi connectivity index (χ3n) is 9.44. The van der Waals surface area contributed by atoms with Crippen molar-refractivity contribution < 1.29 is 9.84 Å². The number of nitrogens with one attached hydrogen (secondary N) is 1. The summed E-state index contributed by atoms with van der Waals surface area (Å²) < 4.78 is 8.35. The number of hydrogen-bond donors (Lipinski definition) is 2. The van der Waals surface area contributed by atoms with Crippen molar-refractivity contribution >= 4 is 22.9 Å². The number of aliphatic hydroxyl groups is 1. The lowest BCUT2D eigenvalue weighted by atomic mass is 9.80. The van der Waals surface area contributed by atoms with Crippen LogP contribution in [0.2, 0.25) is 0 Å². The van der Waals surface area contributed by atoms with Crippen LogP contribution in [-0.2, 0) is 16.9 Å². The maximum Gasteiger partial charge on any atom is 0.208 e. The summed E-state index contributed by atoms with van der Waals surface area (Å²) in [7, 11) is 0. The molecule has 0 spiro atoms. The molecule has 1 saturated heterocycles. The predicted molar refractivity (Wildman–Crippen MR) is 163 cm³/mol. The van der Waals surface area contributed by atoms with Crippen LogP contribution in [0.1, 0.15) is 83.1 Å². The third kappa shape index (κ3) is 5.80. The molecule has 1 aromatic carbocycles. The molecule has 2 atom stereocenters. The van der Waals surface area contributed by atoms with Gasteiger partial charge < -0.3 is 24.6 Å². The summed E-state index contributed by atoms with van der Waals surface area (Å²) >= 11 is 0. The molecule has 2 N–H and O–H groups in total. The van der Waals surface area contributed by atoms with Gasteiger partial charge in [0.2, 0.25) is 5.95 Å². The van der Waals surface area contributed by atoms with Crippen molar-refractivity contribution in [3.63, 3.8) is 0 Å². The highest BCUT2D eigenvalue weighted by atomic mass is 16.5. The fourth-order valence-corrected chi connectivity index (χ4v) is 6.63. The normalized spacial score (nSPS) is 24.6. The summed E-state index contributed by atoms with van der Waals surface area (Å²) in [5.74, 6) is 6.54. The number of terminal acetylenes is 1. The maximum atomic E-state index is 11.0. The molecule has 0 radical (unpaired) electrons. The van der Waals surface area contributed by atoms with Crippen LogP contribution in [0.15, 0.2) is 30.3 Å². The highest BCUT2D eigenvalue weighted by Gasteiger charge is 2.34. The van der Waals surface area contributed by atoms with E-state index in [0.29, 0.717) is 42.4 Å². The van der Waals surface area contributed by atoms with E-state index in [-0.39, 0.29) is 12.1 Å². The lowest BCUT2D eigenvalue weighted by Gasteiger charge is -2.37. The molecule has 2 saturated carbocycles. The molecule has 0 amide bonds. The molecule has 3 fully saturated rings. The summed E-state index contributed by atoms with van der Waals surface area (Å²) in [6.07, 6.45) is 13.9. The van der Waals surface area contributed by atoms with Gasteiger partial charge in [0.1, 0.15) is 11.1 Å². The topological polar surface area (TPSA) is 88.3 Å². The molecule has 6 rings (SSSR count). The molecular formula is C33H44N6O2. The molecule has 0 bridgehead atoms. The van der Waals surface area contributed by atoms with E-state index in [2.05, 4.69) is 51.9 Å². The van der Waals surface area contributed by atoms with Crippen molar-refractivity contribution in [2.75, 3.05) is 30.0 Å². The Morgan fingerprint density at radius 2 is 1.85 bits per heavy atom. The molecule has 41 heavy (non-hydrogen) atoms. The summed E-state index contributed by atoms with van der Waals surface area (Å²) in [6.45, 7) is 8.54. The summed E-state index contributed by atoms with van der Waals surface area (Å²) in [5.41, 5.74) is 1.58. The first-order chi connectivity index (χ1) is 19.8. The second-order valence-electron chi connectivity index (χ2n) is 12.9. The van der Waals surface area contributed by atoms with E-state index in [1.165, 1.54) is 24.8 Å². The van der Waals surface area contributed by atoms with E-state index in [9.17, 15) is 5.11 Å². The quantitative estimate of drug-likeness (QED) is 0.346. The van der Waals surface area contributed by atoms with E-state index >= 15 is 0 Å².